The zero-order valence-corrected chi connectivity index (χ0v) is 9.63. The minimum atomic E-state index is -0.328. The number of methoxy groups -OCH3 is 2. The van der Waals surface area contributed by atoms with Gasteiger partial charge in [0.2, 0.25) is 0 Å². The second kappa shape index (κ2) is 5.80. The summed E-state index contributed by atoms with van der Waals surface area (Å²) in [5, 5.41) is 0. The second-order valence-electron chi connectivity index (χ2n) is 3.17. The van der Waals surface area contributed by atoms with Crippen LogP contribution in [0.4, 0.5) is 0 Å². The maximum atomic E-state index is 11.3. The third-order valence-corrected chi connectivity index (χ3v) is 3.42. The highest BCUT2D eigenvalue weighted by Crippen LogP contribution is 2.28. The zero-order valence-electron chi connectivity index (χ0n) is 8.82. The summed E-state index contributed by atoms with van der Waals surface area (Å²) in [6, 6.07) is 0. The Morgan fingerprint density at radius 2 is 2.13 bits per heavy atom. The van der Waals surface area contributed by atoms with Gasteiger partial charge in [0.15, 0.2) is 0 Å². The van der Waals surface area contributed by atoms with Crippen LogP contribution in [0.3, 0.4) is 0 Å². The van der Waals surface area contributed by atoms with Gasteiger partial charge in [0, 0.05) is 5.75 Å². The summed E-state index contributed by atoms with van der Waals surface area (Å²) in [6.45, 7) is 0. The van der Waals surface area contributed by atoms with E-state index >= 15 is 0 Å². The van der Waals surface area contributed by atoms with Crippen LogP contribution in [0.5, 0.6) is 0 Å². The molecule has 0 radical (unpaired) electrons. The van der Waals surface area contributed by atoms with Gasteiger partial charge in [-0.05, 0) is 12.8 Å². The van der Waals surface area contributed by atoms with E-state index in [1.807, 2.05) is 6.08 Å². The van der Waals surface area contributed by atoms with E-state index in [9.17, 15) is 9.59 Å². The third kappa shape index (κ3) is 3.27. The summed E-state index contributed by atoms with van der Waals surface area (Å²) in [5.74, 6) is -0.0842. The van der Waals surface area contributed by atoms with Crippen LogP contribution >= 0.6 is 11.8 Å². The SMILES string of the molecule is COC(=O)C1=CCCC(C(=O)OC)CS1. The predicted octanol–water partition coefficient (Wildman–Crippen LogP) is 1.36. The van der Waals surface area contributed by atoms with Crippen molar-refractivity contribution in [3.63, 3.8) is 0 Å². The van der Waals surface area contributed by atoms with Gasteiger partial charge < -0.3 is 9.47 Å². The maximum Gasteiger partial charge on any atom is 0.343 e. The molecule has 0 spiro atoms. The molecular formula is C10H14O4S. The molecule has 1 aliphatic heterocycles. The number of carbonyl (C=O) groups is 2. The molecular weight excluding hydrogens is 216 g/mol. The van der Waals surface area contributed by atoms with Crippen LogP contribution in [0.15, 0.2) is 11.0 Å². The van der Waals surface area contributed by atoms with Crippen molar-refractivity contribution in [3.05, 3.63) is 11.0 Å². The number of esters is 2. The minimum absolute atomic E-state index is 0.126. The number of carbonyl (C=O) groups excluding carboxylic acids is 2. The van der Waals surface area contributed by atoms with Crippen LogP contribution in [0.1, 0.15) is 12.8 Å². The second-order valence-corrected chi connectivity index (χ2v) is 4.23. The first kappa shape index (κ1) is 12.1. The third-order valence-electron chi connectivity index (χ3n) is 2.21. The predicted molar refractivity (Wildman–Crippen MR) is 57.3 cm³/mol. The number of rotatable bonds is 2. The summed E-state index contributed by atoms with van der Waals surface area (Å²) in [4.78, 5) is 23.1. The summed E-state index contributed by atoms with van der Waals surface area (Å²) in [5.41, 5.74) is 0. The molecule has 1 unspecified atom stereocenters. The molecule has 1 atom stereocenters. The molecule has 1 heterocycles. The molecule has 0 aromatic heterocycles. The Balaban J connectivity index is 2.56. The van der Waals surface area contributed by atoms with E-state index in [-0.39, 0.29) is 17.9 Å². The molecule has 15 heavy (non-hydrogen) atoms. The zero-order chi connectivity index (χ0) is 11.3. The van der Waals surface area contributed by atoms with Crippen LogP contribution < -0.4 is 0 Å². The number of hydrogen-bond acceptors (Lipinski definition) is 5. The fraction of sp³-hybridized carbons (Fsp3) is 0.600. The van der Waals surface area contributed by atoms with E-state index in [4.69, 9.17) is 0 Å². The Morgan fingerprint density at radius 3 is 2.73 bits per heavy atom. The molecule has 4 nitrogen and oxygen atoms in total. The standard InChI is InChI=1S/C10H14O4S/c1-13-9(11)7-4-3-5-8(15-6-7)10(12)14-2/h5,7H,3-4,6H2,1-2H3. The molecule has 0 amide bonds. The van der Waals surface area contributed by atoms with Crippen molar-refractivity contribution in [1.29, 1.82) is 0 Å². The van der Waals surface area contributed by atoms with Gasteiger partial charge in [-0.25, -0.2) is 4.79 Å². The Hall–Kier alpha value is -0.970. The van der Waals surface area contributed by atoms with Crippen LogP contribution in [0.25, 0.3) is 0 Å². The van der Waals surface area contributed by atoms with Crippen molar-refractivity contribution in [2.75, 3.05) is 20.0 Å². The number of allylic oxidation sites excluding steroid dienone is 1. The number of hydrogen-bond donors (Lipinski definition) is 0. The van der Waals surface area contributed by atoms with E-state index in [0.717, 1.165) is 6.42 Å². The van der Waals surface area contributed by atoms with E-state index in [1.165, 1.54) is 26.0 Å². The van der Waals surface area contributed by atoms with Crippen LogP contribution in [-0.4, -0.2) is 31.9 Å². The van der Waals surface area contributed by atoms with E-state index in [0.29, 0.717) is 17.1 Å². The highest BCUT2D eigenvalue weighted by Gasteiger charge is 2.23. The number of thioether (sulfide) groups is 1. The fourth-order valence-electron chi connectivity index (χ4n) is 1.34. The van der Waals surface area contributed by atoms with Gasteiger partial charge in [0.25, 0.3) is 0 Å². The maximum absolute atomic E-state index is 11.3. The summed E-state index contributed by atoms with van der Waals surface area (Å²) >= 11 is 1.35. The van der Waals surface area contributed by atoms with Crippen molar-refractivity contribution in [1.82, 2.24) is 0 Å². The molecule has 1 aliphatic rings. The van der Waals surface area contributed by atoms with Gasteiger partial charge in [-0.15, -0.1) is 11.8 Å². The lowest BCUT2D eigenvalue weighted by atomic mass is 10.1. The first-order valence-electron chi connectivity index (χ1n) is 4.68. The van der Waals surface area contributed by atoms with Crippen molar-refractivity contribution < 1.29 is 19.1 Å². The van der Waals surface area contributed by atoms with E-state index in [2.05, 4.69) is 9.47 Å². The smallest absolute Gasteiger partial charge is 0.343 e. The van der Waals surface area contributed by atoms with Crippen LogP contribution in [-0.2, 0) is 19.1 Å². The van der Waals surface area contributed by atoms with E-state index < -0.39 is 0 Å². The van der Waals surface area contributed by atoms with Gasteiger partial charge in [-0.2, -0.15) is 0 Å². The van der Waals surface area contributed by atoms with Crippen molar-refractivity contribution in [2.45, 2.75) is 12.8 Å². The first-order valence-corrected chi connectivity index (χ1v) is 5.66. The number of ether oxygens (including phenoxy) is 2. The van der Waals surface area contributed by atoms with Gasteiger partial charge >= 0.3 is 11.9 Å². The van der Waals surface area contributed by atoms with Gasteiger partial charge in [0.05, 0.1) is 25.0 Å². The molecule has 0 aliphatic carbocycles. The lowest BCUT2D eigenvalue weighted by molar-refractivity contribution is -0.144. The molecule has 1 rings (SSSR count). The molecule has 5 heteroatoms. The largest absolute Gasteiger partial charge is 0.469 e. The lowest BCUT2D eigenvalue weighted by Gasteiger charge is -2.10. The summed E-state index contributed by atoms with van der Waals surface area (Å²) in [7, 11) is 2.74. The molecule has 84 valence electrons. The molecule has 0 bridgehead atoms. The summed E-state index contributed by atoms with van der Waals surface area (Å²) < 4.78 is 9.30. The average molecular weight is 230 g/mol. The topological polar surface area (TPSA) is 52.6 Å². The average Bonchev–Trinajstić information content (AvgIpc) is 2.52. The Bertz CT molecular complexity index is 285. The Kier molecular flexibility index (Phi) is 4.68. The normalized spacial score (nSPS) is 21.2. The molecule has 0 aromatic carbocycles. The van der Waals surface area contributed by atoms with Gasteiger partial charge in [-0.1, -0.05) is 6.08 Å². The minimum Gasteiger partial charge on any atom is -0.469 e. The molecule has 0 aromatic rings. The van der Waals surface area contributed by atoms with Crippen molar-refractivity contribution in [3.8, 4) is 0 Å². The Morgan fingerprint density at radius 1 is 1.40 bits per heavy atom. The highest BCUT2D eigenvalue weighted by molar-refractivity contribution is 8.04. The Labute approximate surface area is 93.0 Å². The molecule has 0 saturated heterocycles. The summed E-state index contributed by atoms with van der Waals surface area (Å²) in [6.07, 6.45) is 3.25. The molecule has 0 fully saturated rings. The van der Waals surface area contributed by atoms with Gasteiger partial charge in [-0.3, -0.25) is 4.79 Å². The highest BCUT2D eigenvalue weighted by atomic mass is 32.2. The van der Waals surface area contributed by atoms with Crippen molar-refractivity contribution in [2.24, 2.45) is 5.92 Å². The quantitative estimate of drug-likeness (QED) is 0.670. The van der Waals surface area contributed by atoms with Gasteiger partial charge in [0.1, 0.15) is 0 Å². The van der Waals surface area contributed by atoms with Crippen molar-refractivity contribution >= 4 is 23.7 Å². The molecule has 0 N–H and O–H groups in total. The molecule has 0 saturated carbocycles. The van der Waals surface area contributed by atoms with E-state index in [1.54, 1.807) is 0 Å². The van der Waals surface area contributed by atoms with Crippen LogP contribution in [0, 0.1) is 5.92 Å². The monoisotopic (exact) mass is 230 g/mol. The first-order chi connectivity index (χ1) is 7.19. The fourth-order valence-corrected chi connectivity index (χ4v) is 2.46. The van der Waals surface area contributed by atoms with Crippen LogP contribution in [0.2, 0.25) is 0 Å². The lowest BCUT2D eigenvalue weighted by Crippen LogP contribution is -2.18.